The molecule has 0 atom stereocenters. The smallest absolute Gasteiger partial charge is 0.261 e. The summed E-state index contributed by atoms with van der Waals surface area (Å²) in [6.07, 6.45) is 0. The Labute approximate surface area is 158 Å². The highest BCUT2D eigenvalue weighted by atomic mass is 35.5. The zero-order valence-corrected chi connectivity index (χ0v) is 14.8. The standard InChI is InChI=1S/C19H15ClFN3O3/c20-13-4-1-11(2-5-13)9-22-17(25)10-23-18(26)15-7-12-3-6-14(21)8-16(12)24-19(15)27/h1-8H,9-10H2,(H,22,25)(H,23,26)(H,24,27). The lowest BCUT2D eigenvalue weighted by atomic mass is 10.1. The topological polar surface area (TPSA) is 91.1 Å². The van der Waals surface area contributed by atoms with E-state index in [0.29, 0.717) is 10.4 Å². The van der Waals surface area contributed by atoms with Crippen LogP contribution in [0.1, 0.15) is 15.9 Å². The molecule has 27 heavy (non-hydrogen) atoms. The first kappa shape index (κ1) is 18.6. The van der Waals surface area contributed by atoms with Crippen molar-refractivity contribution in [2.45, 2.75) is 6.54 Å². The number of aromatic nitrogens is 1. The number of pyridine rings is 1. The molecule has 0 unspecified atom stereocenters. The molecule has 0 spiro atoms. The number of hydrogen-bond donors (Lipinski definition) is 3. The summed E-state index contributed by atoms with van der Waals surface area (Å²) in [6, 6.07) is 12.2. The van der Waals surface area contributed by atoms with Gasteiger partial charge in [0.05, 0.1) is 12.1 Å². The number of halogens is 2. The van der Waals surface area contributed by atoms with E-state index in [1.54, 1.807) is 24.3 Å². The van der Waals surface area contributed by atoms with E-state index in [2.05, 4.69) is 15.6 Å². The Kier molecular flexibility index (Phi) is 5.52. The Morgan fingerprint density at radius 1 is 1.04 bits per heavy atom. The third-order valence-corrected chi connectivity index (χ3v) is 4.12. The molecule has 3 rings (SSSR count). The summed E-state index contributed by atoms with van der Waals surface area (Å²) in [5.41, 5.74) is 0.335. The highest BCUT2D eigenvalue weighted by Gasteiger charge is 2.13. The van der Waals surface area contributed by atoms with Crippen LogP contribution in [0.15, 0.2) is 53.3 Å². The molecule has 0 aliphatic carbocycles. The first-order chi connectivity index (χ1) is 12.9. The zero-order chi connectivity index (χ0) is 19.4. The average molecular weight is 388 g/mol. The van der Waals surface area contributed by atoms with E-state index in [1.165, 1.54) is 24.3 Å². The minimum Gasteiger partial charge on any atom is -0.350 e. The first-order valence-electron chi connectivity index (χ1n) is 8.04. The van der Waals surface area contributed by atoms with Crippen LogP contribution in [0.25, 0.3) is 10.9 Å². The predicted octanol–water partition coefficient (Wildman–Crippen LogP) is 2.37. The van der Waals surface area contributed by atoms with Crippen LogP contribution >= 0.6 is 11.6 Å². The van der Waals surface area contributed by atoms with Gasteiger partial charge in [-0.25, -0.2) is 4.39 Å². The highest BCUT2D eigenvalue weighted by Crippen LogP contribution is 2.12. The summed E-state index contributed by atoms with van der Waals surface area (Å²) in [6.45, 7) is 0.00130. The molecule has 8 heteroatoms. The highest BCUT2D eigenvalue weighted by molar-refractivity contribution is 6.30. The Bertz CT molecular complexity index is 1060. The molecule has 3 N–H and O–H groups in total. The van der Waals surface area contributed by atoms with E-state index < -0.39 is 23.2 Å². The molecule has 1 heterocycles. The molecule has 0 aliphatic heterocycles. The minimum atomic E-state index is -0.691. The lowest BCUT2D eigenvalue weighted by molar-refractivity contribution is -0.120. The molecular weight excluding hydrogens is 373 g/mol. The van der Waals surface area contributed by atoms with E-state index >= 15 is 0 Å². The number of benzene rings is 2. The van der Waals surface area contributed by atoms with Gasteiger partial charge in [-0.15, -0.1) is 0 Å². The molecule has 0 aliphatic rings. The van der Waals surface area contributed by atoms with E-state index in [9.17, 15) is 18.8 Å². The molecule has 0 saturated carbocycles. The second kappa shape index (κ2) is 8.01. The molecule has 2 amide bonds. The second-order valence-electron chi connectivity index (χ2n) is 5.83. The molecule has 2 aromatic carbocycles. The minimum absolute atomic E-state index is 0.153. The number of aromatic amines is 1. The lowest BCUT2D eigenvalue weighted by Gasteiger charge is -2.08. The largest absolute Gasteiger partial charge is 0.350 e. The van der Waals surface area contributed by atoms with E-state index in [-0.39, 0.29) is 24.2 Å². The summed E-state index contributed by atoms with van der Waals surface area (Å²) < 4.78 is 13.2. The van der Waals surface area contributed by atoms with E-state index in [0.717, 1.165) is 5.56 Å². The molecular formula is C19H15ClFN3O3. The van der Waals surface area contributed by atoms with Crippen molar-refractivity contribution >= 4 is 34.3 Å². The maximum absolute atomic E-state index is 13.2. The van der Waals surface area contributed by atoms with Crippen LogP contribution in [0, 0.1) is 5.82 Å². The summed E-state index contributed by atoms with van der Waals surface area (Å²) in [5.74, 6) is -1.59. The molecule has 0 fully saturated rings. The van der Waals surface area contributed by atoms with Gasteiger partial charge in [-0.2, -0.15) is 0 Å². The maximum atomic E-state index is 13.2. The number of carbonyl (C=O) groups is 2. The Hall–Kier alpha value is -3.19. The Morgan fingerprint density at radius 3 is 2.52 bits per heavy atom. The van der Waals surface area contributed by atoms with Gasteiger partial charge in [-0.05, 0) is 47.3 Å². The fourth-order valence-corrected chi connectivity index (χ4v) is 2.59. The van der Waals surface area contributed by atoms with Crippen molar-refractivity contribution in [1.29, 1.82) is 0 Å². The fraction of sp³-hybridized carbons (Fsp3) is 0.105. The third-order valence-electron chi connectivity index (χ3n) is 3.87. The molecule has 0 bridgehead atoms. The van der Waals surface area contributed by atoms with Gasteiger partial charge in [0, 0.05) is 11.6 Å². The van der Waals surface area contributed by atoms with Gasteiger partial charge >= 0.3 is 0 Å². The summed E-state index contributed by atoms with van der Waals surface area (Å²) in [7, 11) is 0. The van der Waals surface area contributed by atoms with E-state index in [4.69, 9.17) is 11.6 Å². The van der Waals surface area contributed by atoms with Crippen molar-refractivity contribution in [1.82, 2.24) is 15.6 Å². The van der Waals surface area contributed by atoms with Gasteiger partial charge < -0.3 is 15.6 Å². The number of H-pyrrole nitrogens is 1. The number of nitrogens with one attached hydrogen (secondary N) is 3. The van der Waals surface area contributed by atoms with Crippen molar-refractivity contribution in [2.24, 2.45) is 0 Å². The van der Waals surface area contributed by atoms with Crippen molar-refractivity contribution in [2.75, 3.05) is 6.54 Å². The normalized spacial score (nSPS) is 10.6. The van der Waals surface area contributed by atoms with Crippen LogP contribution in [0.2, 0.25) is 5.02 Å². The second-order valence-corrected chi connectivity index (χ2v) is 6.27. The Morgan fingerprint density at radius 2 is 1.78 bits per heavy atom. The number of fused-ring (bicyclic) bond motifs is 1. The Balaban J connectivity index is 1.60. The number of carbonyl (C=O) groups excluding carboxylic acids is 2. The predicted molar refractivity (Wildman–Crippen MR) is 100 cm³/mol. The molecule has 6 nitrogen and oxygen atoms in total. The molecule has 0 saturated heterocycles. The zero-order valence-electron chi connectivity index (χ0n) is 14.0. The van der Waals surface area contributed by atoms with Gasteiger partial charge in [-0.1, -0.05) is 23.7 Å². The van der Waals surface area contributed by atoms with Crippen LogP contribution in [0.4, 0.5) is 4.39 Å². The molecule has 138 valence electrons. The van der Waals surface area contributed by atoms with Crippen molar-refractivity contribution < 1.29 is 14.0 Å². The number of rotatable bonds is 5. The number of hydrogen-bond acceptors (Lipinski definition) is 3. The monoisotopic (exact) mass is 387 g/mol. The maximum Gasteiger partial charge on any atom is 0.261 e. The van der Waals surface area contributed by atoms with Crippen LogP contribution in [0.3, 0.4) is 0 Å². The lowest BCUT2D eigenvalue weighted by Crippen LogP contribution is -2.38. The van der Waals surface area contributed by atoms with E-state index in [1.807, 2.05) is 0 Å². The van der Waals surface area contributed by atoms with Crippen LogP contribution in [-0.4, -0.2) is 23.3 Å². The van der Waals surface area contributed by atoms with Crippen molar-refractivity contribution in [3.63, 3.8) is 0 Å². The van der Waals surface area contributed by atoms with Gasteiger partial charge in [0.25, 0.3) is 11.5 Å². The quantitative estimate of drug-likeness (QED) is 0.627. The van der Waals surface area contributed by atoms with Gasteiger partial charge in [0.1, 0.15) is 11.4 Å². The van der Waals surface area contributed by atoms with Gasteiger partial charge in [0.2, 0.25) is 5.91 Å². The van der Waals surface area contributed by atoms with Crippen LogP contribution in [-0.2, 0) is 11.3 Å². The molecule has 3 aromatic rings. The first-order valence-corrected chi connectivity index (χ1v) is 8.42. The van der Waals surface area contributed by atoms with Crippen LogP contribution < -0.4 is 16.2 Å². The third kappa shape index (κ3) is 4.71. The van der Waals surface area contributed by atoms with Crippen LogP contribution in [0.5, 0.6) is 0 Å². The summed E-state index contributed by atoms with van der Waals surface area (Å²) in [5, 5.41) is 6.15. The summed E-state index contributed by atoms with van der Waals surface area (Å²) in [4.78, 5) is 38.5. The number of amides is 2. The molecule has 0 radical (unpaired) electrons. The average Bonchev–Trinajstić information content (AvgIpc) is 2.65. The summed E-state index contributed by atoms with van der Waals surface area (Å²) >= 11 is 5.79. The van der Waals surface area contributed by atoms with Crippen molar-refractivity contribution in [3.8, 4) is 0 Å². The SMILES string of the molecule is O=C(CNC(=O)c1cc2ccc(F)cc2[nH]c1=O)NCc1ccc(Cl)cc1. The fourth-order valence-electron chi connectivity index (χ4n) is 2.46. The van der Waals surface area contributed by atoms with Gasteiger partial charge in [0.15, 0.2) is 0 Å². The van der Waals surface area contributed by atoms with Crippen molar-refractivity contribution in [3.05, 3.63) is 80.9 Å². The molecule has 1 aromatic heterocycles. The van der Waals surface area contributed by atoms with Gasteiger partial charge in [-0.3, -0.25) is 14.4 Å².